The molecule has 0 unspecified atom stereocenters. The van der Waals surface area contributed by atoms with Gasteiger partial charge in [0.1, 0.15) is 5.75 Å². The first-order valence-electron chi connectivity index (χ1n) is 8.62. The van der Waals surface area contributed by atoms with Crippen molar-refractivity contribution in [3.8, 4) is 5.75 Å². The number of carbonyl (C=O) groups is 1. The van der Waals surface area contributed by atoms with Gasteiger partial charge in [-0.2, -0.15) is 0 Å². The van der Waals surface area contributed by atoms with Crippen molar-refractivity contribution in [1.29, 1.82) is 0 Å². The highest BCUT2D eigenvalue weighted by Crippen LogP contribution is 2.22. The van der Waals surface area contributed by atoms with Gasteiger partial charge in [-0.3, -0.25) is 4.79 Å². The van der Waals surface area contributed by atoms with E-state index in [1.54, 1.807) is 0 Å². The van der Waals surface area contributed by atoms with Crippen molar-refractivity contribution in [2.75, 3.05) is 29.9 Å². The summed E-state index contributed by atoms with van der Waals surface area (Å²) in [4.78, 5) is 14.5. The summed E-state index contributed by atoms with van der Waals surface area (Å²) in [5, 5.41) is 2.88. The monoisotopic (exact) mass is 324 g/mol. The van der Waals surface area contributed by atoms with Gasteiger partial charge < -0.3 is 15.0 Å². The Labute approximate surface area is 143 Å². The molecule has 24 heavy (non-hydrogen) atoms. The fourth-order valence-electron chi connectivity index (χ4n) is 3.01. The maximum atomic E-state index is 12.1. The first-order valence-corrected chi connectivity index (χ1v) is 8.62. The average Bonchev–Trinajstić information content (AvgIpc) is 3.15. The Morgan fingerprint density at radius 1 is 1.08 bits per heavy atom. The minimum Gasteiger partial charge on any atom is -0.483 e. The molecule has 0 saturated carbocycles. The zero-order valence-electron chi connectivity index (χ0n) is 14.1. The molecule has 126 valence electrons. The van der Waals surface area contributed by atoms with Crippen molar-refractivity contribution >= 4 is 17.3 Å². The van der Waals surface area contributed by atoms with E-state index in [0.29, 0.717) is 0 Å². The van der Waals surface area contributed by atoms with Crippen molar-refractivity contribution in [1.82, 2.24) is 0 Å². The van der Waals surface area contributed by atoms with Crippen molar-refractivity contribution in [3.63, 3.8) is 0 Å². The molecule has 0 aliphatic carbocycles. The molecule has 1 fully saturated rings. The zero-order chi connectivity index (χ0) is 16.8. The summed E-state index contributed by atoms with van der Waals surface area (Å²) in [5.74, 6) is 0.634. The lowest BCUT2D eigenvalue weighted by Gasteiger charge is -2.17. The maximum Gasteiger partial charge on any atom is 0.262 e. The maximum absolute atomic E-state index is 12.1. The van der Waals surface area contributed by atoms with E-state index in [2.05, 4.69) is 29.3 Å². The summed E-state index contributed by atoms with van der Waals surface area (Å²) in [6, 6.07) is 15.8. The third-order valence-electron chi connectivity index (χ3n) is 4.33. The van der Waals surface area contributed by atoms with E-state index in [9.17, 15) is 4.79 Å². The Morgan fingerprint density at radius 3 is 2.50 bits per heavy atom. The van der Waals surface area contributed by atoms with Crippen LogP contribution in [0.5, 0.6) is 5.75 Å². The van der Waals surface area contributed by atoms with Gasteiger partial charge in [0.25, 0.3) is 5.91 Å². The summed E-state index contributed by atoms with van der Waals surface area (Å²) in [6.45, 7) is 4.34. The molecule has 1 amide bonds. The van der Waals surface area contributed by atoms with Gasteiger partial charge in [0.05, 0.1) is 0 Å². The highest BCUT2D eigenvalue weighted by molar-refractivity contribution is 5.92. The summed E-state index contributed by atoms with van der Waals surface area (Å²) in [7, 11) is 0. The smallest absolute Gasteiger partial charge is 0.262 e. The molecular weight excluding hydrogens is 300 g/mol. The summed E-state index contributed by atoms with van der Waals surface area (Å²) >= 11 is 0. The third kappa shape index (κ3) is 4.07. The molecule has 1 saturated heterocycles. The minimum atomic E-state index is -0.144. The highest BCUT2D eigenvalue weighted by atomic mass is 16.5. The molecular formula is C20H24N2O2. The molecule has 0 atom stereocenters. The summed E-state index contributed by atoms with van der Waals surface area (Å²) < 4.78 is 5.65. The number of aryl methyl sites for hydroxylation is 1. The zero-order valence-corrected chi connectivity index (χ0v) is 14.1. The van der Waals surface area contributed by atoms with Crippen LogP contribution < -0.4 is 15.0 Å². The Kier molecular flexibility index (Phi) is 5.36. The van der Waals surface area contributed by atoms with Crippen molar-refractivity contribution in [2.24, 2.45) is 0 Å². The van der Waals surface area contributed by atoms with Gasteiger partial charge in [-0.1, -0.05) is 25.1 Å². The van der Waals surface area contributed by atoms with Gasteiger partial charge in [0.15, 0.2) is 6.61 Å². The fourth-order valence-corrected chi connectivity index (χ4v) is 3.01. The quantitative estimate of drug-likeness (QED) is 0.877. The first-order chi connectivity index (χ1) is 11.8. The van der Waals surface area contributed by atoms with Crippen molar-refractivity contribution < 1.29 is 9.53 Å². The minimum absolute atomic E-state index is 0.0187. The van der Waals surface area contributed by atoms with Crippen LogP contribution in [-0.2, 0) is 11.2 Å². The lowest BCUT2D eigenvalue weighted by Crippen LogP contribution is -2.21. The van der Waals surface area contributed by atoms with E-state index in [-0.39, 0.29) is 12.5 Å². The van der Waals surface area contributed by atoms with Crippen LogP contribution in [0, 0.1) is 0 Å². The van der Waals surface area contributed by atoms with Crippen LogP contribution in [0.2, 0.25) is 0 Å². The molecule has 0 spiro atoms. The van der Waals surface area contributed by atoms with Crippen molar-refractivity contribution in [3.05, 3.63) is 54.1 Å². The number of para-hydroxylation sites is 1. The van der Waals surface area contributed by atoms with E-state index >= 15 is 0 Å². The van der Waals surface area contributed by atoms with Gasteiger partial charge in [-0.15, -0.1) is 0 Å². The number of benzene rings is 2. The number of amides is 1. The molecule has 3 rings (SSSR count). The second kappa shape index (κ2) is 7.86. The first kappa shape index (κ1) is 16.4. The predicted molar refractivity (Wildman–Crippen MR) is 97.8 cm³/mol. The standard InChI is InChI=1S/C20H24N2O2/c1-2-16-7-3-4-8-19(16)24-15-20(23)21-17-9-11-18(12-10-17)22-13-5-6-14-22/h3-4,7-12H,2,5-6,13-15H2,1H3,(H,21,23). The molecule has 0 bridgehead atoms. The lowest BCUT2D eigenvalue weighted by atomic mass is 10.1. The SMILES string of the molecule is CCc1ccccc1OCC(=O)Nc1ccc(N2CCCC2)cc1. The number of hydrogen-bond donors (Lipinski definition) is 1. The molecule has 0 aromatic heterocycles. The fraction of sp³-hybridized carbons (Fsp3) is 0.350. The number of carbonyl (C=O) groups excluding carboxylic acids is 1. The second-order valence-corrected chi connectivity index (χ2v) is 6.04. The van der Waals surface area contributed by atoms with Crippen LogP contribution in [0.15, 0.2) is 48.5 Å². The summed E-state index contributed by atoms with van der Waals surface area (Å²) in [5.41, 5.74) is 3.13. The Morgan fingerprint density at radius 2 is 1.79 bits per heavy atom. The Bertz CT molecular complexity index is 676. The number of hydrogen-bond acceptors (Lipinski definition) is 3. The van der Waals surface area contributed by atoms with Crippen LogP contribution in [0.4, 0.5) is 11.4 Å². The van der Waals surface area contributed by atoms with E-state index < -0.39 is 0 Å². The second-order valence-electron chi connectivity index (χ2n) is 6.04. The average molecular weight is 324 g/mol. The number of nitrogens with zero attached hydrogens (tertiary/aromatic N) is 1. The molecule has 0 radical (unpaired) electrons. The van der Waals surface area contributed by atoms with Crippen LogP contribution in [0.3, 0.4) is 0 Å². The number of ether oxygens (including phenoxy) is 1. The molecule has 1 aliphatic rings. The summed E-state index contributed by atoms with van der Waals surface area (Å²) in [6.07, 6.45) is 3.40. The topological polar surface area (TPSA) is 41.6 Å². The lowest BCUT2D eigenvalue weighted by molar-refractivity contribution is -0.118. The normalized spacial score (nSPS) is 13.8. The van der Waals surface area contributed by atoms with E-state index in [1.165, 1.54) is 18.5 Å². The number of anilines is 2. The molecule has 2 aromatic rings. The number of nitrogens with one attached hydrogen (secondary N) is 1. The predicted octanol–water partition coefficient (Wildman–Crippen LogP) is 3.87. The largest absolute Gasteiger partial charge is 0.483 e. The molecule has 1 heterocycles. The van der Waals surface area contributed by atoms with Crippen LogP contribution >= 0.6 is 0 Å². The molecule has 4 nitrogen and oxygen atoms in total. The Hall–Kier alpha value is -2.49. The molecule has 1 N–H and O–H groups in total. The number of rotatable bonds is 6. The van der Waals surface area contributed by atoms with Gasteiger partial charge in [-0.25, -0.2) is 0 Å². The van der Waals surface area contributed by atoms with E-state index in [0.717, 1.165) is 36.5 Å². The van der Waals surface area contributed by atoms with Gasteiger partial charge >= 0.3 is 0 Å². The van der Waals surface area contributed by atoms with Crippen molar-refractivity contribution in [2.45, 2.75) is 26.2 Å². The van der Waals surface area contributed by atoms with Crippen LogP contribution in [0.25, 0.3) is 0 Å². The Balaban J connectivity index is 1.53. The van der Waals surface area contributed by atoms with Gasteiger partial charge in [0.2, 0.25) is 0 Å². The highest BCUT2D eigenvalue weighted by Gasteiger charge is 2.12. The molecule has 4 heteroatoms. The van der Waals surface area contributed by atoms with Crippen LogP contribution in [0.1, 0.15) is 25.3 Å². The van der Waals surface area contributed by atoms with Gasteiger partial charge in [-0.05, 0) is 55.2 Å². The molecule has 2 aromatic carbocycles. The van der Waals surface area contributed by atoms with Crippen LogP contribution in [-0.4, -0.2) is 25.6 Å². The van der Waals surface area contributed by atoms with E-state index in [1.807, 2.05) is 36.4 Å². The van der Waals surface area contributed by atoms with E-state index in [4.69, 9.17) is 4.74 Å². The third-order valence-corrected chi connectivity index (χ3v) is 4.33. The molecule has 1 aliphatic heterocycles. The van der Waals surface area contributed by atoms with Gasteiger partial charge in [0, 0.05) is 24.5 Å².